The van der Waals surface area contributed by atoms with Crippen molar-refractivity contribution in [3.8, 4) is 5.75 Å². The van der Waals surface area contributed by atoms with E-state index in [1.807, 2.05) is 0 Å². The fourth-order valence-electron chi connectivity index (χ4n) is 2.13. The van der Waals surface area contributed by atoms with Gasteiger partial charge in [0.15, 0.2) is 6.61 Å². The molecular weight excluding hydrogens is 336 g/mol. The number of pyridine rings is 1. The van der Waals surface area contributed by atoms with Gasteiger partial charge in [0.1, 0.15) is 17.3 Å². The van der Waals surface area contributed by atoms with Crippen LogP contribution in [0.4, 0.5) is 14.6 Å². The maximum absolute atomic E-state index is 13.7. The van der Waals surface area contributed by atoms with Gasteiger partial charge in [0.25, 0.3) is 5.91 Å². The van der Waals surface area contributed by atoms with Crippen molar-refractivity contribution >= 4 is 11.7 Å². The van der Waals surface area contributed by atoms with E-state index in [9.17, 15) is 23.7 Å². The van der Waals surface area contributed by atoms with Crippen LogP contribution in [-0.4, -0.2) is 22.4 Å². The first-order valence-electron chi connectivity index (χ1n) is 7.27. The first-order chi connectivity index (χ1) is 11.8. The SMILES string of the molecule is Cc1ccc(OCC(=O)N[C@@H](C)c2ccc(F)cc2F)c([N+](=O)[O-])n1. The molecule has 0 aliphatic rings. The van der Waals surface area contributed by atoms with Crippen molar-refractivity contribution < 1.29 is 23.2 Å². The van der Waals surface area contributed by atoms with E-state index in [-0.39, 0.29) is 11.3 Å². The van der Waals surface area contributed by atoms with E-state index in [1.54, 1.807) is 6.92 Å². The zero-order chi connectivity index (χ0) is 18.6. The molecule has 0 saturated heterocycles. The maximum atomic E-state index is 13.7. The zero-order valence-electron chi connectivity index (χ0n) is 13.5. The minimum Gasteiger partial charge on any atom is -0.476 e. The molecule has 2 aromatic rings. The van der Waals surface area contributed by atoms with Crippen LogP contribution in [-0.2, 0) is 4.79 Å². The highest BCUT2D eigenvalue weighted by Crippen LogP contribution is 2.24. The lowest BCUT2D eigenvalue weighted by molar-refractivity contribution is -0.390. The van der Waals surface area contributed by atoms with E-state index in [0.717, 1.165) is 12.1 Å². The van der Waals surface area contributed by atoms with Crippen molar-refractivity contribution in [3.05, 3.63) is 63.3 Å². The summed E-state index contributed by atoms with van der Waals surface area (Å²) in [6.45, 7) is 2.59. The normalized spacial score (nSPS) is 11.7. The fraction of sp³-hybridized carbons (Fsp3) is 0.250. The van der Waals surface area contributed by atoms with Gasteiger partial charge >= 0.3 is 5.82 Å². The average Bonchev–Trinajstić information content (AvgIpc) is 2.53. The molecule has 1 aromatic carbocycles. The molecule has 0 saturated carbocycles. The van der Waals surface area contributed by atoms with E-state index in [4.69, 9.17) is 4.74 Å². The number of nitrogens with zero attached hydrogens (tertiary/aromatic N) is 2. The largest absolute Gasteiger partial charge is 0.476 e. The number of aryl methyl sites for hydroxylation is 1. The summed E-state index contributed by atoms with van der Waals surface area (Å²) in [5, 5.41) is 13.4. The third kappa shape index (κ3) is 4.69. The number of benzene rings is 1. The summed E-state index contributed by atoms with van der Waals surface area (Å²) < 4.78 is 31.7. The van der Waals surface area contributed by atoms with E-state index < -0.39 is 40.9 Å². The number of hydrogen-bond acceptors (Lipinski definition) is 5. The molecule has 0 radical (unpaired) electrons. The van der Waals surface area contributed by atoms with Gasteiger partial charge in [0, 0.05) is 18.6 Å². The molecule has 9 heteroatoms. The van der Waals surface area contributed by atoms with Crippen molar-refractivity contribution in [3.63, 3.8) is 0 Å². The quantitative estimate of drug-likeness (QED) is 0.638. The van der Waals surface area contributed by atoms with Crippen molar-refractivity contribution in [2.45, 2.75) is 19.9 Å². The number of ether oxygens (including phenoxy) is 1. The van der Waals surface area contributed by atoms with Crippen LogP contribution in [0.1, 0.15) is 24.2 Å². The van der Waals surface area contributed by atoms with E-state index in [2.05, 4.69) is 10.3 Å². The Bertz CT molecular complexity index is 814. The van der Waals surface area contributed by atoms with Gasteiger partial charge in [-0.15, -0.1) is 0 Å². The predicted octanol–water partition coefficient (Wildman–Crippen LogP) is 2.83. The second-order valence-electron chi connectivity index (χ2n) is 5.28. The molecule has 2 rings (SSSR count). The first-order valence-corrected chi connectivity index (χ1v) is 7.27. The minimum absolute atomic E-state index is 0.109. The first kappa shape index (κ1) is 18.2. The van der Waals surface area contributed by atoms with Crippen molar-refractivity contribution in [2.24, 2.45) is 0 Å². The van der Waals surface area contributed by atoms with E-state index in [1.165, 1.54) is 25.1 Å². The summed E-state index contributed by atoms with van der Waals surface area (Å²) in [5.41, 5.74) is 0.543. The van der Waals surface area contributed by atoms with Gasteiger partial charge in [0.2, 0.25) is 5.75 Å². The van der Waals surface area contributed by atoms with E-state index >= 15 is 0 Å². The minimum atomic E-state index is -0.785. The molecule has 0 unspecified atom stereocenters. The second-order valence-corrected chi connectivity index (χ2v) is 5.28. The average molecular weight is 351 g/mol. The van der Waals surface area contributed by atoms with Crippen LogP contribution in [0.3, 0.4) is 0 Å². The Morgan fingerprint density at radius 1 is 1.36 bits per heavy atom. The number of aromatic nitrogens is 1. The monoisotopic (exact) mass is 351 g/mol. The number of carbonyl (C=O) groups excluding carboxylic acids is 1. The molecule has 7 nitrogen and oxygen atoms in total. The van der Waals surface area contributed by atoms with Crippen molar-refractivity contribution in [2.75, 3.05) is 6.61 Å². The topological polar surface area (TPSA) is 94.4 Å². The lowest BCUT2D eigenvalue weighted by atomic mass is 10.1. The summed E-state index contributed by atoms with van der Waals surface area (Å²) >= 11 is 0. The highest BCUT2D eigenvalue weighted by molar-refractivity contribution is 5.78. The molecule has 1 amide bonds. The van der Waals surface area contributed by atoms with E-state index in [0.29, 0.717) is 5.69 Å². The summed E-state index contributed by atoms with van der Waals surface area (Å²) in [6.07, 6.45) is 0. The molecule has 1 N–H and O–H groups in total. The molecule has 0 fully saturated rings. The number of nitro groups is 1. The highest BCUT2D eigenvalue weighted by Gasteiger charge is 2.19. The van der Waals surface area contributed by atoms with Gasteiger partial charge in [-0.25, -0.2) is 8.78 Å². The third-order valence-electron chi connectivity index (χ3n) is 3.32. The molecule has 132 valence electrons. The Morgan fingerprint density at radius 2 is 2.08 bits per heavy atom. The van der Waals surface area contributed by atoms with Gasteiger partial charge in [-0.05, 0) is 35.0 Å². The standard InChI is InChI=1S/C16H15F2N3O4/c1-9-3-6-14(16(19-9)21(23)24)25-8-15(22)20-10(2)12-5-4-11(17)7-13(12)18/h3-7,10H,8H2,1-2H3,(H,20,22)/t10-/m0/s1. The Kier molecular flexibility index (Phi) is 5.58. The molecule has 1 heterocycles. The van der Waals surface area contributed by atoms with Gasteiger partial charge in [-0.3, -0.25) is 4.79 Å². The number of halogens is 2. The van der Waals surface area contributed by atoms with Crippen molar-refractivity contribution in [1.82, 2.24) is 10.3 Å². The number of rotatable bonds is 6. The summed E-state index contributed by atoms with van der Waals surface area (Å²) in [5.74, 6) is -2.77. The molecule has 1 atom stereocenters. The maximum Gasteiger partial charge on any atom is 0.406 e. The van der Waals surface area contributed by atoms with Gasteiger partial charge < -0.3 is 20.2 Å². The Hall–Kier alpha value is -3.10. The Morgan fingerprint density at radius 3 is 2.72 bits per heavy atom. The fourth-order valence-corrected chi connectivity index (χ4v) is 2.13. The van der Waals surface area contributed by atoms with Crippen LogP contribution in [0, 0.1) is 28.7 Å². The molecule has 1 aromatic heterocycles. The molecular formula is C16H15F2N3O4. The van der Waals surface area contributed by atoms with Crippen molar-refractivity contribution in [1.29, 1.82) is 0 Å². The zero-order valence-corrected chi connectivity index (χ0v) is 13.5. The Balaban J connectivity index is 2.00. The van der Waals surface area contributed by atoms with Crippen LogP contribution in [0.15, 0.2) is 30.3 Å². The molecule has 0 aliphatic carbocycles. The van der Waals surface area contributed by atoms with Crippen LogP contribution >= 0.6 is 0 Å². The Labute approximate surface area is 141 Å². The molecule has 0 bridgehead atoms. The number of carbonyl (C=O) groups is 1. The number of hydrogen-bond donors (Lipinski definition) is 1. The summed E-state index contributed by atoms with van der Waals surface area (Å²) in [7, 11) is 0. The van der Waals surface area contributed by atoms with Crippen LogP contribution in [0.2, 0.25) is 0 Å². The third-order valence-corrected chi connectivity index (χ3v) is 3.32. The predicted molar refractivity (Wildman–Crippen MR) is 84.0 cm³/mol. The number of amides is 1. The summed E-state index contributed by atoms with van der Waals surface area (Å²) in [4.78, 5) is 25.9. The van der Waals surface area contributed by atoms with Crippen LogP contribution < -0.4 is 10.1 Å². The van der Waals surface area contributed by atoms with Gasteiger partial charge in [-0.1, -0.05) is 6.07 Å². The van der Waals surface area contributed by atoms with Crippen LogP contribution in [0.25, 0.3) is 0 Å². The smallest absolute Gasteiger partial charge is 0.406 e. The lowest BCUT2D eigenvalue weighted by Gasteiger charge is -2.15. The van der Waals surface area contributed by atoms with Crippen LogP contribution in [0.5, 0.6) is 5.75 Å². The molecule has 0 spiro atoms. The molecule has 25 heavy (non-hydrogen) atoms. The second kappa shape index (κ2) is 7.65. The lowest BCUT2D eigenvalue weighted by Crippen LogP contribution is -2.31. The number of nitrogens with one attached hydrogen (secondary N) is 1. The molecule has 0 aliphatic heterocycles. The van der Waals surface area contributed by atoms with Gasteiger partial charge in [-0.2, -0.15) is 0 Å². The summed E-state index contributed by atoms with van der Waals surface area (Å²) in [6, 6.07) is 5.15. The highest BCUT2D eigenvalue weighted by atomic mass is 19.1. The van der Waals surface area contributed by atoms with Gasteiger partial charge in [0.05, 0.1) is 6.04 Å².